The molecule has 1 fully saturated rings. The van der Waals surface area contributed by atoms with Crippen molar-refractivity contribution < 1.29 is 9.53 Å². The van der Waals surface area contributed by atoms with Gasteiger partial charge in [-0.2, -0.15) is 0 Å². The van der Waals surface area contributed by atoms with E-state index in [9.17, 15) is 4.79 Å². The second-order valence-electron chi connectivity index (χ2n) is 7.18. The van der Waals surface area contributed by atoms with Crippen molar-refractivity contribution in [2.24, 2.45) is 0 Å². The van der Waals surface area contributed by atoms with Crippen molar-refractivity contribution in [1.82, 2.24) is 14.8 Å². The smallest absolute Gasteiger partial charge is 0.219 e. The van der Waals surface area contributed by atoms with E-state index in [4.69, 9.17) is 4.74 Å². The number of aromatic nitrogens is 1. The maximum atomic E-state index is 12.2. The molecule has 0 aliphatic carbocycles. The number of ether oxygens (including phenoxy) is 1. The number of hydrogen-bond donors (Lipinski definition) is 0. The van der Waals surface area contributed by atoms with E-state index in [-0.39, 0.29) is 5.91 Å². The van der Waals surface area contributed by atoms with E-state index in [2.05, 4.69) is 22.0 Å². The molecule has 3 rings (SSSR count). The number of pyridine rings is 1. The molecule has 0 bridgehead atoms. The third-order valence-electron chi connectivity index (χ3n) is 5.35. The summed E-state index contributed by atoms with van der Waals surface area (Å²) in [5.41, 5.74) is 2.43. The van der Waals surface area contributed by atoms with Gasteiger partial charge in [-0.25, -0.2) is 0 Å². The number of benzene rings is 1. The Morgan fingerprint density at radius 1 is 1.19 bits per heavy atom. The third-order valence-corrected chi connectivity index (χ3v) is 5.35. The van der Waals surface area contributed by atoms with Gasteiger partial charge < -0.3 is 14.5 Å². The van der Waals surface area contributed by atoms with Crippen molar-refractivity contribution in [2.45, 2.75) is 38.8 Å². The SMILES string of the molecule is COc1ccc(CCN2CCC(N(Cc3cccnc3)C(C)=O)CC2)cc1. The quantitative estimate of drug-likeness (QED) is 0.754. The van der Waals surface area contributed by atoms with Crippen molar-refractivity contribution in [3.63, 3.8) is 0 Å². The number of amides is 1. The second kappa shape index (κ2) is 9.51. The molecule has 0 unspecified atom stereocenters. The maximum Gasteiger partial charge on any atom is 0.219 e. The van der Waals surface area contributed by atoms with Crippen LogP contribution < -0.4 is 4.74 Å². The lowest BCUT2D eigenvalue weighted by Crippen LogP contribution is -2.46. The normalized spacial score (nSPS) is 15.5. The van der Waals surface area contributed by atoms with Gasteiger partial charge in [0.25, 0.3) is 0 Å². The zero-order valence-electron chi connectivity index (χ0n) is 16.3. The van der Waals surface area contributed by atoms with Crippen molar-refractivity contribution >= 4 is 5.91 Å². The van der Waals surface area contributed by atoms with E-state index in [0.29, 0.717) is 12.6 Å². The van der Waals surface area contributed by atoms with E-state index >= 15 is 0 Å². The van der Waals surface area contributed by atoms with E-state index in [1.807, 2.05) is 35.4 Å². The van der Waals surface area contributed by atoms with Gasteiger partial charge in [0.05, 0.1) is 7.11 Å². The molecule has 1 amide bonds. The molecule has 144 valence electrons. The van der Waals surface area contributed by atoms with Crippen LogP contribution in [-0.2, 0) is 17.8 Å². The van der Waals surface area contributed by atoms with Gasteiger partial charge in [0, 0.05) is 51.5 Å². The monoisotopic (exact) mass is 367 g/mol. The Morgan fingerprint density at radius 2 is 1.93 bits per heavy atom. The van der Waals surface area contributed by atoms with Gasteiger partial charge >= 0.3 is 0 Å². The first-order chi connectivity index (χ1) is 13.2. The van der Waals surface area contributed by atoms with Crippen LogP contribution in [0.4, 0.5) is 0 Å². The molecule has 1 aromatic heterocycles. The summed E-state index contributed by atoms with van der Waals surface area (Å²) in [5, 5.41) is 0. The van der Waals surface area contributed by atoms with E-state index in [1.54, 1.807) is 20.2 Å². The number of carbonyl (C=O) groups is 1. The summed E-state index contributed by atoms with van der Waals surface area (Å²) in [4.78, 5) is 20.9. The van der Waals surface area contributed by atoms with E-state index in [1.165, 1.54) is 5.56 Å². The summed E-state index contributed by atoms with van der Waals surface area (Å²) >= 11 is 0. The van der Waals surface area contributed by atoms with Gasteiger partial charge in [0.1, 0.15) is 5.75 Å². The minimum Gasteiger partial charge on any atom is -0.497 e. The predicted molar refractivity (Wildman–Crippen MR) is 107 cm³/mol. The summed E-state index contributed by atoms with van der Waals surface area (Å²) in [6.07, 6.45) is 6.72. The second-order valence-corrected chi connectivity index (χ2v) is 7.18. The number of rotatable bonds is 7. The first kappa shape index (κ1) is 19.4. The molecule has 0 spiro atoms. The van der Waals surface area contributed by atoms with Crippen LogP contribution in [0.1, 0.15) is 30.9 Å². The van der Waals surface area contributed by atoms with E-state index < -0.39 is 0 Å². The first-order valence-electron chi connectivity index (χ1n) is 9.67. The molecule has 27 heavy (non-hydrogen) atoms. The topological polar surface area (TPSA) is 45.7 Å². The van der Waals surface area contributed by atoms with Gasteiger partial charge in [-0.3, -0.25) is 9.78 Å². The Kier molecular flexibility index (Phi) is 6.82. The molecule has 1 saturated heterocycles. The highest BCUT2D eigenvalue weighted by molar-refractivity contribution is 5.73. The largest absolute Gasteiger partial charge is 0.497 e. The lowest BCUT2D eigenvalue weighted by Gasteiger charge is -2.38. The molecule has 1 aromatic carbocycles. The maximum absolute atomic E-state index is 12.2. The summed E-state index contributed by atoms with van der Waals surface area (Å²) in [6.45, 7) is 5.46. The summed E-state index contributed by atoms with van der Waals surface area (Å²) in [7, 11) is 1.69. The Balaban J connectivity index is 1.48. The molecule has 0 atom stereocenters. The van der Waals surface area contributed by atoms with Gasteiger partial charge in [0.15, 0.2) is 0 Å². The fraction of sp³-hybridized carbons (Fsp3) is 0.455. The van der Waals surface area contributed by atoms with Gasteiger partial charge in [-0.15, -0.1) is 0 Å². The number of carbonyl (C=O) groups excluding carboxylic acids is 1. The molecule has 0 radical (unpaired) electrons. The minimum atomic E-state index is 0.149. The molecule has 5 nitrogen and oxygen atoms in total. The summed E-state index contributed by atoms with van der Waals surface area (Å²) in [6, 6.07) is 12.6. The number of hydrogen-bond acceptors (Lipinski definition) is 4. The van der Waals surface area contributed by atoms with Crippen molar-refractivity contribution in [1.29, 1.82) is 0 Å². The Bertz CT molecular complexity index is 710. The lowest BCUT2D eigenvalue weighted by molar-refractivity contribution is -0.132. The Labute approximate surface area is 162 Å². The highest BCUT2D eigenvalue weighted by atomic mass is 16.5. The van der Waals surface area contributed by atoms with Crippen LogP contribution in [0.3, 0.4) is 0 Å². The van der Waals surface area contributed by atoms with E-state index in [0.717, 1.165) is 50.2 Å². The van der Waals surface area contributed by atoms with Crippen molar-refractivity contribution in [3.8, 4) is 5.75 Å². The average Bonchev–Trinajstić information content (AvgIpc) is 2.72. The number of nitrogens with zero attached hydrogens (tertiary/aromatic N) is 3. The first-order valence-corrected chi connectivity index (χ1v) is 9.67. The molecule has 2 heterocycles. The third kappa shape index (κ3) is 5.54. The van der Waals surface area contributed by atoms with Gasteiger partial charge in [-0.05, 0) is 48.6 Å². The van der Waals surface area contributed by atoms with Crippen LogP contribution in [0.15, 0.2) is 48.8 Å². The number of piperidine rings is 1. The standard InChI is InChI=1S/C22H29N3O2/c1-18(26)25(17-20-4-3-12-23-16-20)21-10-14-24(15-11-21)13-9-19-5-7-22(27-2)8-6-19/h3-8,12,16,21H,9-11,13-15,17H2,1-2H3. The van der Waals surface area contributed by atoms with Gasteiger partial charge in [0.2, 0.25) is 5.91 Å². The van der Waals surface area contributed by atoms with Crippen molar-refractivity contribution in [3.05, 3.63) is 59.9 Å². The van der Waals surface area contributed by atoms with Crippen LogP contribution in [0.2, 0.25) is 0 Å². The molecule has 1 aliphatic rings. The highest BCUT2D eigenvalue weighted by Crippen LogP contribution is 2.20. The summed E-state index contributed by atoms with van der Waals surface area (Å²) in [5.74, 6) is 1.05. The molecular weight excluding hydrogens is 338 g/mol. The molecule has 0 N–H and O–H groups in total. The molecule has 2 aromatic rings. The van der Waals surface area contributed by atoms with Crippen LogP contribution in [0.5, 0.6) is 5.75 Å². The molecule has 0 saturated carbocycles. The predicted octanol–water partition coefficient (Wildman–Crippen LogP) is 3.15. The van der Waals surface area contributed by atoms with Crippen LogP contribution in [0, 0.1) is 0 Å². The lowest BCUT2D eigenvalue weighted by atomic mass is 10.0. The molecule has 1 aliphatic heterocycles. The Morgan fingerprint density at radius 3 is 2.52 bits per heavy atom. The highest BCUT2D eigenvalue weighted by Gasteiger charge is 2.26. The van der Waals surface area contributed by atoms with Crippen LogP contribution >= 0.6 is 0 Å². The van der Waals surface area contributed by atoms with Crippen LogP contribution in [0.25, 0.3) is 0 Å². The molecule has 5 heteroatoms. The van der Waals surface area contributed by atoms with Crippen molar-refractivity contribution in [2.75, 3.05) is 26.7 Å². The molecular formula is C22H29N3O2. The zero-order valence-corrected chi connectivity index (χ0v) is 16.3. The van der Waals surface area contributed by atoms with Gasteiger partial charge in [-0.1, -0.05) is 18.2 Å². The fourth-order valence-corrected chi connectivity index (χ4v) is 3.72. The number of methoxy groups -OCH3 is 1. The minimum absolute atomic E-state index is 0.149. The number of likely N-dealkylation sites (tertiary alicyclic amines) is 1. The average molecular weight is 367 g/mol. The Hall–Kier alpha value is -2.40. The zero-order chi connectivity index (χ0) is 19.1. The fourth-order valence-electron chi connectivity index (χ4n) is 3.72. The summed E-state index contributed by atoms with van der Waals surface area (Å²) < 4.78 is 5.21. The van der Waals surface area contributed by atoms with Crippen LogP contribution in [-0.4, -0.2) is 53.5 Å².